The maximum absolute atomic E-state index is 5.39. The van der Waals surface area contributed by atoms with Gasteiger partial charge < -0.3 is 10.1 Å². The lowest BCUT2D eigenvalue weighted by atomic mass is 10.4. The van der Waals surface area contributed by atoms with Crippen molar-refractivity contribution in [3.05, 3.63) is 35.5 Å². The fourth-order valence-electron chi connectivity index (χ4n) is 1.45. The number of rotatable bonds is 7. The van der Waals surface area contributed by atoms with Crippen LogP contribution in [0.2, 0.25) is 0 Å². The number of pyridine rings is 1. The molecule has 0 amide bonds. The molecular formula is C12H15BrN4O. The predicted molar refractivity (Wildman–Crippen MR) is 74.8 cm³/mol. The minimum Gasteiger partial charge on any atom is -0.379 e. The van der Waals surface area contributed by atoms with Crippen molar-refractivity contribution in [1.82, 2.24) is 14.6 Å². The number of hydrogen-bond acceptors (Lipinski definition) is 4. The molecule has 0 aromatic carbocycles. The highest BCUT2D eigenvalue weighted by molar-refractivity contribution is 9.10. The molecule has 2 aromatic rings. The quantitative estimate of drug-likeness (QED) is 0.630. The van der Waals surface area contributed by atoms with E-state index < -0.39 is 0 Å². The number of nitrogens with zero attached hydrogens (tertiary/aromatic N) is 3. The van der Waals surface area contributed by atoms with Gasteiger partial charge in [0.2, 0.25) is 5.95 Å². The summed E-state index contributed by atoms with van der Waals surface area (Å²) in [7, 11) is 0. The first kappa shape index (κ1) is 13.0. The maximum atomic E-state index is 5.39. The number of fused-ring (bicyclic) bond motifs is 1. The van der Waals surface area contributed by atoms with E-state index in [2.05, 4.69) is 37.9 Å². The number of aromatic nitrogens is 3. The molecule has 2 heterocycles. The SMILES string of the molecule is C=CCCOCCNc1nc2c(Br)cccn2n1. The molecule has 0 aliphatic carbocycles. The summed E-state index contributed by atoms with van der Waals surface area (Å²) >= 11 is 3.44. The summed E-state index contributed by atoms with van der Waals surface area (Å²) in [6, 6.07) is 3.85. The molecule has 0 saturated heterocycles. The number of anilines is 1. The van der Waals surface area contributed by atoms with Crippen LogP contribution >= 0.6 is 15.9 Å². The molecule has 1 N–H and O–H groups in total. The zero-order valence-corrected chi connectivity index (χ0v) is 11.6. The molecule has 2 rings (SSSR count). The lowest BCUT2D eigenvalue weighted by Gasteiger charge is -2.02. The lowest BCUT2D eigenvalue weighted by Crippen LogP contribution is -2.10. The van der Waals surface area contributed by atoms with E-state index in [0.29, 0.717) is 25.7 Å². The molecule has 5 nitrogen and oxygen atoms in total. The second-order valence-electron chi connectivity index (χ2n) is 3.68. The molecule has 96 valence electrons. The molecule has 0 aliphatic rings. The van der Waals surface area contributed by atoms with Crippen LogP contribution in [-0.4, -0.2) is 34.4 Å². The Morgan fingerprint density at radius 2 is 2.39 bits per heavy atom. The Labute approximate surface area is 114 Å². The third-order valence-electron chi connectivity index (χ3n) is 2.31. The van der Waals surface area contributed by atoms with Crippen molar-refractivity contribution in [3.63, 3.8) is 0 Å². The molecular weight excluding hydrogens is 296 g/mol. The first-order valence-corrected chi connectivity index (χ1v) is 6.54. The number of halogens is 1. The van der Waals surface area contributed by atoms with Crippen LogP contribution in [0.3, 0.4) is 0 Å². The van der Waals surface area contributed by atoms with Crippen molar-refractivity contribution in [1.29, 1.82) is 0 Å². The van der Waals surface area contributed by atoms with Crippen molar-refractivity contribution in [3.8, 4) is 0 Å². The van der Waals surface area contributed by atoms with Gasteiger partial charge in [-0.15, -0.1) is 11.7 Å². The molecule has 0 saturated carbocycles. The van der Waals surface area contributed by atoms with Crippen LogP contribution in [0.1, 0.15) is 6.42 Å². The Kier molecular flexibility index (Phi) is 4.72. The van der Waals surface area contributed by atoms with E-state index in [1.54, 1.807) is 4.52 Å². The molecule has 0 aliphatic heterocycles. The van der Waals surface area contributed by atoms with E-state index in [1.807, 2.05) is 24.4 Å². The Bertz CT molecular complexity index is 526. The normalized spacial score (nSPS) is 10.7. The first-order chi connectivity index (χ1) is 8.81. The average molecular weight is 311 g/mol. The van der Waals surface area contributed by atoms with Crippen molar-refractivity contribution in [2.75, 3.05) is 25.1 Å². The van der Waals surface area contributed by atoms with E-state index in [0.717, 1.165) is 16.5 Å². The maximum Gasteiger partial charge on any atom is 0.243 e. The number of ether oxygens (including phenoxy) is 1. The fraction of sp³-hybridized carbons (Fsp3) is 0.333. The van der Waals surface area contributed by atoms with Crippen molar-refractivity contribution >= 4 is 27.5 Å². The molecule has 18 heavy (non-hydrogen) atoms. The van der Waals surface area contributed by atoms with E-state index in [9.17, 15) is 0 Å². The smallest absolute Gasteiger partial charge is 0.243 e. The lowest BCUT2D eigenvalue weighted by molar-refractivity contribution is 0.149. The molecule has 2 aromatic heterocycles. The van der Waals surface area contributed by atoms with Crippen LogP contribution in [0, 0.1) is 0 Å². The topological polar surface area (TPSA) is 51.5 Å². The molecule has 0 spiro atoms. The van der Waals surface area contributed by atoms with Crippen LogP contribution < -0.4 is 5.32 Å². The highest BCUT2D eigenvalue weighted by atomic mass is 79.9. The summed E-state index contributed by atoms with van der Waals surface area (Å²) in [6.45, 7) is 5.66. The monoisotopic (exact) mass is 310 g/mol. The van der Waals surface area contributed by atoms with Gasteiger partial charge >= 0.3 is 0 Å². The van der Waals surface area contributed by atoms with Crippen LogP contribution in [0.25, 0.3) is 5.65 Å². The van der Waals surface area contributed by atoms with Gasteiger partial charge in [0.05, 0.1) is 17.7 Å². The van der Waals surface area contributed by atoms with Gasteiger partial charge in [0.25, 0.3) is 0 Å². The Morgan fingerprint density at radius 3 is 3.17 bits per heavy atom. The van der Waals surface area contributed by atoms with E-state index >= 15 is 0 Å². The highest BCUT2D eigenvalue weighted by Crippen LogP contribution is 2.16. The fourth-order valence-corrected chi connectivity index (χ4v) is 1.88. The van der Waals surface area contributed by atoms with Crippen molar-refractivity contribution < 1.29 is 4.74 Å². The summed E-state index contributed by atoms with van der Waals surface area (Å²) in [4.78, 5) is 4.37. The minimum absolute atomic E-state index is 0.606. The predicted octanol–water partition coefficient (Wildman–Crippen LogP) is 2.50. The van der Waals surface area contributed by atoms with Gasteiger partial charge in [-0.1, -0.05) is 6.08 Å². The minimum atomic E-state index is 0.606. The molecule has 0 atom stereocenters. The summed E-state index contributed by atoms with van der Waals surface area (Å²) in [5.41, 5.74) is 0.799. The second-order valence-corrected chi connectivity index (χ2v) is 4.53. The van der Waals surface area contributed by atoms with Gasteiger partial charge in [-0.2, -0.15) is 4.98 Å². The van der Waals surface area contributed by atoms with Gasteiger partial charge in [0.15, 0.2) is 5.65 Å². The molecule has 0 radical (unpaired) electrons. The van der Waals surface area contributed by atoms with Crippen molar-refractivity contribution in [2.45, 2.75) is 6.42 Å². The van der Waals surface area contributed by atoms with Gasteiger partial charge in [-0.05, 0) is 34.5 Å². The van der Waals surface area contributed by atoms with Crippen molar-refractivity contribution in [2.24, 2.45) is 0 Å². The van der Waals surface area contributed by atoms with Gasteiger partial charge in [-0.3, -0.25) is 0 Å². The summed E-state index contributed by atoms with van der Waals surface area (Å²) < 4.78 is 8.04. The zero-order chi connectivity index (χ0) is 12.8. The molecule has 0 bridgehead atoms. The third-order valence-corrected chi connectivity index (χ3v) is 2.93. The van der Waals surface area contributed by atoms with E-state index in [1.165, 1.54) is 0 Å². The van der Waals surface area contributed by atoms with Gasteiger partial charge in [-0.25, -0.2) is 4.52 Å². The van der Waals surface area contributed by atoms with E-state index in [-0.39, 0.29) is 0 Å². The standard InChI is InChI=1S/C12H15BrN4O/c1-2-3-8-18-9-6-14-12-15-11-10(13)5-4-7-17(11)16-12/h2,4-5,7H,1,3,6,8-9H2,(H,14,16). The zero-order valence-electron chi connectivity index (χ0n) is 9.97. The second kappa shape index (κ2) is 6.51. The summed E-state index contributed by atoms with van der Waals surface area (Å²) in [5.74, 6) is 0.606. The van der Waals surface area contributed by atoms with Crippen LogP contribution in [-0.2, 0) is 4.74 Å². The third kappa shape index (κ3) is 3.30. The van der Waals surface area contributed by atoms with Crippen LogP contribution in [0.15, 0.2) is 35.5 Å². The van der Waals surface area contributed by atoms with Crippen LogP contribution in [0.5, 0.6) is 0 Å². The molecule has 6 heteroatoms. The highest BCUT2D eigenvalue weighted by Gasteiger charge is 2.04. The van der Waals surface area contributed by atoms with Gasteiger partial charge in [0.1, 0.15) is 0 Å². The Hall–Kier alpha value is -1.40. The summed E-state index contributed by atoms with van der Waals surface area (Å²) in [6.07, 6.45) is 4.58. The first-order valence-electron chi connectivity index (χ1n) is 5.74. The number of hydrogen-bond donors (Lipinski definition) is 1. The molecule has 0 unspecified atom stereocenters. The van der Waals surface area contributed by atoms with Crippen LogP contribution in [0.4, 0.5) is 5.95 Å². The van der Waals surface area contributed by atoms with E-state index in [4.69, 9.17) is 4.74 Å². The largest absolute Gasteiger partial charge is 0.379 e. The Balaban J connectivity index is 1.85. The van der Waals surface area contributed by atoms with Gasteiger partial charge in [0, 0.05) is 12.7 Å². The summed E-state index contributed by atoms with van der Waals surface area (Å²) in [5, 5.41) is 7.42. The Morgan fingerprint density at radius 1 is 1.50 bits per heavy atom. The average Bonchev–Trinajstić information content (AvgIpc) is 2.78. The number of nitrogens with one attached hydrogen (secondary N) is 1. The molecule has 0 fully saturated rings.